The summed E-state index contributed by atoms with van der Waals surface area (Å²) in [5, 5.41) is 21.9. The molecule has 0 fully saturated rings. The average Bonchev–Trinajstić information content (AvgIpc) is 2.42. The van der Waals surface area contributed by atoms with E-state index in [1.807, 2.05) is 22.6 Å². The molecule has 0 saturated heterocycles. The molecule has 2 N–H and O–H groups in total. The number of nitrogens with one attached hydrogen (secondary N) is 1. The predicted octanol–water partition coefficient (Wildman–Crippen LogP) is 2.57. The fourth-order valence-electron chi connectivity index (χ4n) is 1.68. The van der Waals surface area contributed by atoms with Crippen LogP contribution in [0.15, 0.2) is 18.2 Å². The van der Waals surface area contributed by atoms with E-state index in [9.17, 15) is 19.7 Å². The smallest absolute Gasteiger partial charge is 0.303 e. The van der Waals surface area contributed by atoms with Gasteiger partial charge < -0.3 is 10.4 Å². The first-order chi connectivity index (χ1) is 9.91. The lowest BCUT2D eigenvalue weighted by molar-refractivity contribution is -0.384. The predicted molar refractivity (Wildman–Crippen MR) is 84.3 cm³/mol. The number of carbonyl (C=O) groups excluding carboxylic acids is 1. The summed E-state index contributed by atoms with van der Waals surface area (Å²) >= 11 is 1.95. The topological polar surface area (TPSA) is 110 Å². The first kappa shape index (κ1) is 17.3. The zero-order valence-electron chi connectivity index (χ0n) is 11.2. The van der Waals surface area contributed by atoms with Gasteiger partial charge in [0.15, 0.2) is 0 Å². The fourth-order valence-corrected chi connectivity index (χ4v) is 2.26. The zero-order chi connectivity index (χ0) is 15.8. The van der Waals surface area contributed by atoms with Crippen molar-refractivity contribution in [2.45, 2.75) is 25.7 Å². The molecule has 21 heavy (non-hydrogen) atoms. The summed E-state index contributed by atoms with van der Waals surface area (Å²) in [5.74, 6) is -1.19. The van der Waals surface area contributed by atoms with Gasteiger partial charge in [0.1, 0.15) is 0 Å². The summed E-state index contributed by atoms with van der Waals surface area (Å²) < 4.78 is 0.640. The number of carboxylic acids is 1. The van der Waals surface area contributed by atoms with E-state index in [0.29, 0.717) is 29.4 Å². The molecule has 1 amide bonds. The van der Waals surface area contributed by atoms with E-state index in [-0.39, 0.29) is 23.6 Å². The Balaban J connectivity index is 2.47. The SMILES string of the molecule is O=C(O)CCCCCNC(=O)c1cc([N+](=O)[O-])ccc1I. The van der Waals surface area contributed by atoms with Gasteiger partial charge in [0.2, 0.25) is 0 Å². The van der Waals surface area contributed by atoms with E-state index >= 15 is 0 Å². The number of carboxylic acid groups (broad SMARTS) is 1. The molecule has 1 rings (SSSR count). The Kier molecular flexibility index (Phi) is 7.06. The normalized spacial score (nSPS) is 10.1. The van der Waals surface area contributed by atoms with Crippen LogP contribution in [0.1, 0.15) is 36.0 Å². The highest BCUT2D eigenvalue weighted by atomic mass is 127. The Morgan fingerprint density at radius 3 is 2.62 bits per heavy atom. The second-order valence-corrected chi connectivity index (χ2v) is 5.54. The van der Waals surface area contributed by atoms with Crippen LogP contribution in [0.5, 0.6) is 0 Å². The van der Waals surface area contributed by atoms with Gasteiger partial charge in [0.05, 0.1) is 10.5 Å². The standard InChI is InChI=1S/C13H15IN2O5/c14-11-6-5-9(16(20)21)8-10(11)13(19)15-7-3-1-2-4-12(17)18/h5-6,8H,1-4,7H2,(H,15,19)(H,17,18). The Labute approximate surface area is 135 Å². The van der Waals surface area contributed by atoms with Crippen LogP contribution in [0.2, 0.25) is 0 Å². The lowest BCUT2D eigenvalue weighted by Gasteiger charge is -2.06. The molecule has 114 valence electrons. The lowest BCUT2D eigenvalue weighted by Crippen LogP contribution is -2.25. The molecule has 0 heterocycles. The lowest BCUT2D eigenvalue weighted by atomic mass is 10.1. The molecule has 0 aliphatic heterocycles. The number of hydrogen-bond acceptors (Lipinski definition) is 4. The highest BCUT2D eigenvalue weighted by Crippen LogP contribution is 2.19. The number of aliphatic carboxylic acids is 1. The maximum Gasteiger partial charge on any atom is 0.303 e. The van der Waals surface area contributed by atoms with Crippen molar-refractivity contribution in [2.75, 3.05) is 6.54 Å². The number of rotatable bonds is 8. The van der Waals surface area contributed by atoms with Crippen LogP contribution in [0.25, 0.3) is 0 Å². The molecular formula is C13H15IN2O5. The van der Waals surface area contributed by atoms with Gasteiger partial charge in [0.25, 0.3) is 11.6 Å². The van der Waals surface area contributed by atoms with Crippen LogP contribution in [-0.2, 0) is 4.79 Å². The number of nitro groups is 1. The van der Waals surface area contributed by atoms with Gasteiger partial charge in [-0.05, 0) is 41.5 Å². The number of non-ortho nitro benzene ring substituents is 1. The van der Waals surface area contributed by atoms with Gasteiger partial charge in [-0.2, -0.15) is 0 Å². The minimum Gasteiger partial charge on any atom is -0.481 e. The van der Waals surface area contributed by atoms with Crippen LogP contribution in [0.4, 0.5) is 5.69 Å². The van der Waals surface area contributed by atoms with Crippen molar-refractivity contribution in [3.63, 3.8) is 0 Å². The molecule has 0 unspecified atom stereocenters. The van der Waals surface area contributed by atoms with Gasteiger partial charge in [-0.15, -0.1) is 0 Å². The summed E-state index contributed by atoms with van der Waals surface area (Å²) in [7, 11) is 0. The molecule has 1 aromatic rings. The number of halogens is 1. The summed E-state index contributed by atoms with van der Waals surface area (Å²) in [6.07, 6.45) is 2.07. The van der Waals surface area contributed by atoms with Gasteiger partial charge in [0, 0.05) is 28.7 Å². The maximum absolute atomic E-state index is 11.9. The first-order valence-corrected chi connectivity index (χ1v) is 7.43. The maximum atomic E-state index is 11.9. The molecule has 0 aliphatic carbocycles. The Morgan fingerprint density at radius 2 is 2.00 bits per heavy atom. The van der Waals surface area contributed by atoms with Crippen molar-refractivity contribution in [1.29, 1.82) is 0 Å². The van der Waals surface area contributed by atoms with Crippen LogP contribution in [0.3, 0.4) is 0 Å². The van der Waals surface area contributed by atoms with E-state index in [1.165, 1.54) is 18.2 Å². The highest BCUT2D eigenvalue weighted by molar-refractivity contribution is 14.1. The number of nitrogens with zero attached hydrogens (tertiary/aromatic N) is 1. The largest absolute Gasteiger partial charge is 0.481 e. The van der Waals surface area contributed by atoms with Gasteiger partial charge in [-0.25, -0.2) is 0 Å². The Morgan fingerprint density at radius 1 is 1.29 bits per heavy atom. The van der Waals surface area contributed by atoms with E-state index in [2.05, 4.69) is 5.32 Å². The van der Waals surface area contributed by atoms with Crippen LogP contribution >= 0.6 is 22.6 Å². The molecule has 0 saturated carbocycles. The number of nitro benzene ring substituents is 1. The van der Waals surface area contributed by atoms with Gasteiger partial charge in [-0.3, -0.25) is 19.7 Å². The number of carbonyl (C=O) groups is 2. The highest BCUT2D eigenvalue weighted by Gasteiger charge is 2.14. The summed E-state index contributed by atoms with van der Waals surface area (Å²) in [6, 6.07) is 4.13. The quantitative estimate of drug-likeness (QED) is 0.299. The van der Waals surface area contributed by atoms with Gasteiger partial charge >= 0.3 is 5.97 Å². The van der Waals surface area contributed by atoms with Crippen molar-refractivity contribution in [3.05, 3.63) is 37.4 Å². The zero-order valence-corrected chi connectivity index (χ0v) is 13.3. The third kappa shape index (κ3) is 6.06. The molecule has 0 spiro atoms. The molecule has 0 aromatic heterocycles. The molecule has 8 heteroatoms. The fraction of sp³-hybridized carbons (Fsp3) is 0.385. The number of benzene rings is 1. The molecule has 7 nitrogen and oxygen atoms in total. The van der Waals surface area contributed by atoms with Crippen molar-refractivity contribution in [2.24, 2.45) is 0 Å². The summed E-state index contributed by atoms with van der Waals surface area (Å²) in [4.78, 5) is 32.4. The van der Waals surface area contributed by atoms with E-state index in [0.717, 1.165) is 0 Å². The van der Waals surface area contributed by atoms with Gasteiger partial charge in [-0.1, -0.05) is 6.42 Å². The number of unbranched alkanes of at least 4 members (excludes halogenated alkanes) is 2. The Bertz CT molecular complexity index is 547. The number of amides is 1. The van der Waals surface area contributed by atoms with Crippen molar-refractivity contribution in [1.82, 2.24) is 5.32 Å². The second-order valence-electron chi connectivity index (χ2n) is 4.38. The molecule has 0 bridgehead atoms. The van der Waals surface area contributed by atoms with E-state index < -0.39 is 10.9 Å². The third-order valence-corrected chi connectivity index (χ3v) is 3.70. The summed E-state index contributed by atoms with van der Waals surface area (Å²) in [5.41, 5.74) is 0.150. The molecule has 0 radical (unpaired) electrons. The van der Waals surface area contributed by atoms with Crippen LogP contribution in [-0.4, -0.2) is 28.5 Å². The second kappa shape index (κ2) is 8.55. The minimum atomic E-state index is -0.829. The summed E-state index contributed by atoms with van der Waals surface area (Å²) in [6.45, 7) is 0.414. The van der Waals surface area contributed by atoms with Crippen LogP contribution < -0.4 is 5.32 Å². The third-order valence-electron chi connectivity index (χ3n) is 2.76. The minimum absolute atomic E-state index is 0.122. The van der Waals surface area contributed by atoms with Crippen molar-refractivity contribution < 1.29 is 19.6 Å². The van der Waals surface area contributed by atoms with Crippen molar-refractivity contribution in [3.8, 4) is 0 Å². The average molecular weight is 406 g/mol. The molecule has 1 aromatic carbocycles. The van der Waals surface area contributed by atoms with Crippen LogP contribution in [0, 0.1) is 13.7 Å². The number of hydrogen-bond donors (Lipinski definition) is 2. The van der Waals surface area contributed by atoms with E-state index in [1.54, 1.807) is 0 Å². The molecular weight excluding hydrogens is 391 g/mol. The van der Waals surface area contributed by atoms with Crippen molar-refractivity contribution >= 4 is 40.2 Å². The molecule has 0 aliphatic rings. The van der Waals surface area contributed by atoms with E-state index in [4.69, 9.17) is 5.11 Å². The monoisotopic (exact) mass is 406 g/mol. The first-order valence-electron chi connectivity index (χ1n) is 6.35. The molecule has 0 atom stereocenters. The Hall–Kier alpha value is -1.71.